The molecular formula is C24H23FN2O. The fourth-order valence-electron chi connectivity index (χ4n) is 3.32. The number of hydrogen-bond acceptors (Lipinski definition) is 2. The Balaban J connectivity index is 1.92. The lowest BCUT2D eigenvalue weighted by Gasteiger charge is -2.14. The van der Waals surface area contributed by atoms with Crippen molar-refractivity contribution in [2.45, 2.75) is 39.4 Å². The molecule has 0 unspecified atom stereocenters. The van der Waals surface area contributed by atoms with Crippen LogP contribution < -0.4 is 5.56 Å². The van der Waals surface area contributed by atoms with E-state index in [1.54, 1.807) is 16.7 Å². The zero-order valence-corrected chi connectivity index (χ0v) is 16.0. The molecule has 0 aliphatic rings. The van der Waals surface area contributed by atoms with E-state index in [9.17, 15) is 14.4 Å². The van der Waals surface area contributed by atoms with Gasteiger partial charge in [-0.2, -0.15) is 5.26 Å². The van der Waals surface area contributed by atoms with Gasteiger partial charge < -0.3 is 4.57 Å². The first-order valence-electron chi connectivity index (χ1n) is 9.54. The zero-order chi connectivity index (χ0) is 19.9. The number of alkyl halides is 1. The Labute approximate surface area is 164 Å². The highest BCUT2D eigenvalue weighted by molar-refractivity contribution is 5.70. The maximum absolute atomic E-state index is 13.2. The van der Waals surface area contributed by atoms with Gasteiger partial charge in [0.15, 0.2) is 0 Å². The van der Waals surface area contributed by atoms with E-state index in [1.807, 2.05) is 48.5 Å². The minimum absolute atomic E-state index is 0.194. The molecule has 4 heteroatoms. The summed E-state index contributed by atoms with van der Waals surface area (Å²) in [6.45, 7) is 1.76. The predicted molar refractivity (Wildman–Crippen MR) is 110 cm³/mol. The fourth-order valence-corrected chi connectivity index (χ4v) is 3.32. The Morgan fingerprint density at radius 3 is 2.46 bits per heavy atom. The van der Waals surface area contributed by atoms with E-state index in [0.717, 1.165) is 41.6 Å². The normalized spacial score (nSPS) is 10.6. The van der Waals surface area contributed by atoms with E-state index in [0.29, 0.717) is 12.1 Å². The van der Waals surface area contributed by atoms with Gasteiger partial charge in [-0.05, 0) is 47.7 Å². The van der Waals surface area contributed by atoms with Crippen molar-refractivity contribution in [3.63, 3.8) is 0 Å². The van der Waals surface area contributed by atoms with Crippen LogP contribution in [-0.2, 0) is 19.6 Å². The van der Waals surface area contributed by atoms with Crippen LogP contribution in [0.3, 0.4) is 0 Å². The lowest BCUT2D eigenvalue weighted by Crippen LogP contribution is -2.26. The van der Waals surface area contributed by atoms with Gasteiger partial charge in [0.1, 0.15) is 6.67 Å². The van der Waals surface area contributed by atoms with Gasteiger partial charge in [0.25, 0.3) is 5.56 Å². The molecule has 142 valence electrons. The van der Waals surface area contributed by atoms with Crippen LogP contribution in [-0.4, -0.2) is 4.57 Å². The maximum atomic E-state index is 13.2. The number of hydrogen-bond donors (Lipinski definition) is 0. The molecule has 0 spiro atoms. The molecule has 0 atom stereocenters. The first kappa shape index (κ1) is 19.6. The molecule has 0 radical (unpaired) electrons. The van der Waals surface area contributed by atoms with Crippen molar-refractivity contribution in [1.82, 2.24) is 4.57 Å². The summed E-state index contributed by atoms with van der Waals surface area (Å²) in [5.41, 5.74) is 4.31. The summed E-state index contributed by atoms with van der Waals surface area (Å²) >= 11 is 0. The summed E-state index contributed by atoms with van der Waals surface area (Å²) in [5, 5.41) is 9.29. The predicted octanol–water partition coefficient (Wildman–Crippen LogP) is 5.25. The summed E-state index contributed by atoms with van der Waals surface area (Å²) in [6.07, 6.45) is 2.82. The van der Waals surface area contributed by atoms with Crippen molar-refractivity contribution >= 4 is 0 Å². The summed E-state index contributed by atoms with van der Waals surface area (Å²) in [6, 6.07) is 21.0. The van der Waals surface area contributed by atoms with Crippen LogP contribution in [0, 0.1) is 11.3 Å². The van der Waals surface area contributed by atoms with Crippen LogP contribution in [0.4, 0.5) is 4.39 Å². The van der Waals surface area contributed by atoms with E-state index < -0.39 is 6.67 Å². The molecule has 0 fully saturated rings. The molecule has 28 heavy (non-hydrogen) atoms. The maximum Gasteiger partial charge on any atom is 0.256 e. The monoisotopic (exact) mass is 374 g/mol. The van der Waals surface area contributed by atoms with Crippen molar-refractivity contribution in [3.8, 4) is 17.2 Å². The molecule has 0 saturated heterocycles. The average molecular weight is 374 g/mol. The third-order valence-corrected chi connectivity index (χ3v) is 4.93. The van der Waals surface area contributed by atoms with Crippen LogP contribution in [0.15, 0.2) is 65.5 Å². The lowest BCUT2D eigenvalue weighted by molar-refractivity contribution is 0.477. The van der Waals surface area contributed by atoms with Gasteiger partial charge in [0.2, 0.25) is 0 Å². The molecule has 1 heterocycles. The number of aryl methyl sites for hydroxylation is 1. The number of nitriles is 1. The van der Waals surface area contributed by atoms with Gasteiger partial charge >= 0.3 is 0 Å². The number of aromatic nitrogens is 1. The third-order valence-electron chi connectivity index (χ3n) is 4.93. The number of benzene rings is 2. The third kappa shape index (κ3) is 4.20. The van der Waals surface area contributed by atoms with Crippen molar-refractivity contribution < 1.29 is 4.39 Å². The standard InChI is InChI=1S/C24H23FN2O/c1-2-3-7-22-14-13-20(15-25)24(28)27(22)17-18-9-11-19(12-10-18)23-8-5-4-6-21(23)16-26/h4-6,8-14H,2-3,7,15,17H2,1H3. The SMILES string of the molecule is CCCCc1ccc(CF)c(=O)n1Cc1ccc(-c2ccccc2C#N)cc1. The Hall–Kier alpha value is -3.19. The largest absolute Gasteiger partial charge is 0.308 e. The molecule has 0 bridgehead atoms. The van der Waals surface area contributed by atoms with E-state index in [2.05, 4.69) is 13.0 Å². The Morgan fingerprint density at radius 2 is 1.79 bits per heavy atom. The zero-order valence-electron chi connectivity index (χ0n) is 16.0. The van der Waals surface area contributed by atoms with Gasteiger partial charge in [-0.25, -0.2) is 4.39 Å². The Bertz CT molecular complexity index is 1050. The lowest BCUT2D eigenvalue weighted by atomic mass is 9.99. The minimum atomic E-state index is -0.753. The van der Waals surface area contributed by atoms with Crippen LogP contribution in [0.25, 0.3) is 11.1 Å². The first-order valence-corrected chi connectivity index (χ1v) is 9.54. The Kier molecular flexibility index (Phi) is 6.39. The van der Waals surface area contributed by atoms with Crippen molar-refractivity contribution in [2.24, 2.45) is 0 Å². The minimum Gasteiger partial charge on any atom is -0.308 e. The summed E-state index contributed by atoms with van der Waals surface area (Å²) in [5.74, 6) is 0. The van der Waals surface area contributed by atoms with Gasteiger partial charge in [-0.3, -0.25) is 4.79 Å². The van der Waals surface area contributed by atoms with Crippen LogP contribution in [0.2, 0.25) is 0 Å². The highest BCUT2D eigenvalue weighted by Gasteiger charge is 2.10. The van der Waals surface area contributed by atoms with E-state index in [1.165, 1.54) is 0 Å². The molecule has 3 rings (SSSR count). The molecule has 3 aromatic rings. The summed E-state index contributed by atoms with van der Waals surface area (Å²) in [4.78, 5) is 12.6. The molecular weight excluding hydrogens is 351 g/mol. The van der Waals surface area contributed by atoms with Gasteiger partial charge in [-0.1, -0.05) is 55.8 Å². The molecule has 0 amide bonds. The molecule has 0 aliphatic carbocycles. The second-order valence-corrected chi connectivity index (χ2v) is 6.83. The second kappa shape index (κ2) is 9.14. The number of halogens is 1. The molecule has 3 nitrogen and oxygen atoms in total. The Morgan fingerprint density at radius 1 is 1.04 bits per heavy atom. The summed E-state index contributed by atoms with van der Waals surface area (Å²) in [7, 11) is 0. The van der Waals surface area contributed by atoms with Gasteiger partial charge in [-0.15, -0.1) is 0 Å². The van der Waals surface area contributed by atoms with Crippen molar-refractivity contribution in [3.05, 3.63) is 93.4 Å². The van der Waals surface area contributed by atoms with Crippen LogP contribution >= 0.6 is 0 Å². The van der Waals surface area contributed by atoms with Gasteiger partial charge in [0, 0.05) is 11.3 Å². The molecule has 2 aromatic carbocycles. The molecule has 0 N–H and O–H groups in total. The quantitative estimate of drug-likeness (QED) is 0.567. The van der Waals surface area contributed by atoms with E-state index >= 15 is 0 Å². The number of rotatable bonds is 7. The van der Waals surface area contributed by atoms with E-state index in [-0.39, 0.29) is 11.1 Å². The summed E-state index contributed by atoms with van der Waals surface area (Å²) < 4.78 is 14.8. The molecule has 0 aliphatic heterocycles. The number of pyridine rings is 1. The van der Waals surface area contributed by atoms with Crippen LogP contribution in [0.5, 0.6) is 0 Å². The van der Waals surface area contributed by atoms with Crippen molar-refractivity contribution in [1.29, 1.82) is 5.26 Å². The van der Waals surface area contributed by atoms with Crippen LogP contribution in [0.1, 0.15) is 42.1 Å². The highest BCUT2D eigenvalue weighted by atomic mass is 19.1. The number of nitrogens with zero attached hydrogens (tertiary/aromatic N) is 2. The second-order valence-electron chi connectivity index (χ2n) is 6.83. The topological polar surface area (TPSA) is 45.8 Å². The average Bonchev–Trinajstić information content (AvgIpc) is 2.74. The van der Waals surface area contributed by atoms with Gasteiger partial charge in [0.05, 0.1) is 18.2 Å². The fraction of sp³-hybridized carbons (Fsp3) is 0.250. The highest BCUT2D eigenvalue weighted by Crippen LogP contribution is 2.23. The van der Waals surface area contributed by atoms with E-state index in [4.69, 9.17) is 0 Å². The molecule has 1 aromatic heterocycles. The smallest absolute Gasteiger partial charge is 0.256 e. The van der Waals surface area contributed by atoms with Crippen molar-refractivity contribution in [2.75, 3.05) is 0 Å². The number of unbranched alkanes of at least 4 members (excludes halogenated alkanes) is 1. The molecule has 0 saturated carbocycles. The first-order chi connectivity index (χ1) is 13.7.